The van der Waals surface area contributed by atoms with Crippen LogP contribution in [-0.2, 0) is 4.79 Å². The molecule has 0 heterocycles. The fourth-order valence-corrected chi connectivity index (χ4v) is 1.45. The molecule has 0 aliphatic rings. The zero-order chi connectivity index (χ0) is 12.8. The van der Waals surface area contributed by atoms with Crippen molar-refractivity contribution >= 4 is 5.91 Å². The second-order valence-corrected chi connectivity index (χ2v) is 4.01. The number of hydrogen-bond acceptors (Lipinski definition) is 3. The molecule has 4 heteroatoms. The van der Waals surface area contributed by atoms with Crippen molar-refractivity contribution in [2.45, 2.75) is 25.9 Å². The van der Waals surface area contributed by atoms with Crippen molar-refractivity contribution in [1.29, 1.82) is 0 Å². The van der Waals surface area contributed by atoms with Gasteiger partial charge in [0.15, 0.2) is 0 Å². The summed E-state index contributed by atoms with van der Waals surface area (Å²) in [6.07, 6.45) is 0. The van der Waals surface area contributed by atoms with Gasteiger partial charge in [-0.15, -0.1) is 0 Å². The molecule has 0 saturated carbocycles. The number of amides is 1. The first-order valence-electron chi connectivity index (χ1n) is 5.70. The Morgan fingerprint density at radius 2 is 1.82 bits per heavy atom. The Kier molecular flexibility index (Phi) is 4.97. The molecule has 0 fully saturated rings. The second kappa shape index (κ2) is 6.25. The number of carbonyl (C=O) groups is 1. The third-order valence-corrected chi connectivity index (χ3v) is 2.80. The molecule has 0 spiro atoms. The van der Waals surface area contributed by atoms with Crippen LogP contribution in [0.3, 0.4) is 0 Å². The Hall–Kier alpha value is -1.55. The summed E-state index contributed by atoms with van der Waals surface area (Å²) in [7, 11) is 3.40. The van der Waals surface area contributed by atoms with Crippen LogP contribution in [0, 0.1) is 0 Å². The van der Waals surface area contributed by atoms with Gasteiger partial charge in [-0.1, -0.05) is 12.1 Å². The van der Waals surface area contributed by atoms with Crippen LogP contribution in [0.2, 0.25) is 0 Å². The molecule has 1 unspecified atom stereocenters. The zero-order valence-corrected chi connectivity index (χ0v) is 10.8. The fourth-order valence-electron chi connectivity index (χ4n) is 1.45. The summed E-state index contributed by atoms with van der Waals surface area (Å²) in [4.78, 5) is 11.7. The number of hydrogen-bond donors (Lipinski definition) is 2. The van der Waals surface area contributed by atoms with Crippen molar-refractivity contribution in [3.63, 3.8) is 0 Å². The molecule has 4 nitrogen and oxygen atoms in total. The van der Waals surface area contributed by atoms with Gasteiger partial charge in [0, 0.05) is 0 Å². The highest BCUT2D eigenvalue weighted by Crippen LogP contribution is 2.17. The average molecular weight is 236 g/mol. The minimum atomic E-state index is -0.185. The van der Waals surface area contributed by atoms with E-state index in [-0.39, 0.29) is 18.0 Å². The summed E-state index contributed by atoms with van der Waals surface area (Å²) in [6, 6.07) is 7.49. The van der Waals surface area contributed by atoms with Crippen LogP contribution in [0.1, 0.15) is 25.5 Å². The van der Waals surface area contributed by atoms with Crippen molar-refractivity contribution in [1.82, 2.24) is 10.6 Å². The number of likely N-dealkylation sites (N-methyl/N-ethyl adjacent to an activating group) is 1. The minimum Gasteiger partial charge on any atom is -0.497 e. The molecule has 0 saturated heterocycles. The van der Waals surface area contributed by atoms with E-state index in [1.807, 2.05) is 38.1 Å². The first kappa shape index (κ1) is 13.5. The number of benzene rings is 1. The predicted molar refractivity (Wildman–Crippen MR) is 68.1 cm³/mol. The number of nitrogens with one attached hydrogen (secondary N) is 2. The van der Waals surface area contributed by atoms with Crippen LogP contribution in [0.5, 0.6) is 5.75 Å². The van der Waals surface area contributed by atoms with Gasteiger partial charge in [0.2, 0.25) is 5.91 Å². The van der Waals surface area contributed by atoms with E-state index in [1.54, 1.807) is 14.2 Å². The summed E-state index contributed by atoms with van der Waals surface area (Å²) in [6.45, 7) is 3.79. The molecule has 0 aliphatic carbocycles. The minimum absolute atomic E-state index is 0.00387. The van der Waals surface area contributed by atoms with E-state index in [1.165, 1.54) is 0 Å². The average Bonchev–Trinajstić information content (AvgIpc) is 2.37. The zero-order valence-electron chi connectivity index (χ0n) is 10.8. The van der Waals surface area contributed by atoms with Gasteiger partial charge in [-0.05, 0) is 38.6 Å². The lowest BCUT2D eigenvalue weighted by Gasteiger charge is -2.17. The molecule has 94 valence electrons. The monoisotopic (exact) mass is 236 g/mol. The summed E-state index contributed by atoms with van der Waals surface area (Å²) in [5, 5.41) is 5.85. The molecule has 17 heavy (non-hydrogen) atoms. The molecule has 0 radical (unpaired) electrons. The Balaban J connectivity index is 2.63. The van der Waals surface area contributed by atoms with E-state index < -0.39 is 0 Å². The largest absolute Gasteiger partial charge is 0.497 e. The van der Waals surface area contributed by atoms with Crippen LogP contribution in [-0.4, -0.2) is 26.1 Å². The quantitative estimate of drug-likeness (QED) is 0.814. The molecule has 1 amide bonds. The highest BCUT2D eigenvalue weighted by Gasteiger charge is 2.14. The van der Waals surface area contributed by atoms with E-state index in [0.29, 0.717) is 0 Å². The standard InChI is InChI=1S/C13H20N2O2/c1-9(15-13(16)10(2)14-3)11-5-7-12(17-4)8-6-11/h5-10,14H,1-4H3,(H,15,16)/t9-,10?/m1/s1. The van der Waals surface area contributed by atoms with Gasteiger partial charge in [-0.2, -0.15) is 0 Å². The molecule has 2 N–H and O–H groups in total. The normalized spacial score (nSPS) is 13.9. The van der Waals surface area contributed by atoms with Crippen LogP contribution in [0.25, 0.3) is 0 Å². The Morgan fingerprint density at radius 1 is 1.24 bits per heavy atom. The fraction of sp³-hybridized carbons (Fsp3) is 0.462. The second-order valence-electron chi connectivity index (χ2n) is 4.01. The van der Waals surface area contributed by atoms with Gasteiger partial charge in [-0.3, -0.25) is 4.79 Å². The number of methoxy groups -OCH3 is 1. The van der Waals surface area contributed by atoms with Gasteiger partial charge in [0.05, 0.1) is 19.2 Å². The lowest BCUT2D eigenvalue weighted by molar-refractivity contribution is -0.123. The molecule has 1 aromatic carbocycles. The number of ether oxygens (including phenoxy) is 1. The van der Waals surface area contributed by atoms with Crippen molar-refractivity contribution in [3.05, 3.63) is 29.8 Å². The SMILES string of the molecule is CNC(C)C(=O)N[C@H](C)c1ccc(OC)cc1. The predicted octanol–water partition coefficient (Wildman–Crippen LogP) is 1.48. The summed E-state index contributed by atoms with van der Waals surface area (Å²) < 4.78 is 5.09. The molecule has 1 aromatic rings. The van der Waals surface area contributed by atoms with Crippen molar-refractivity contribution in [2.24, 2.45) is 0 Å². The Morgan fingerprint density at radius 3 is 2.29 bits per heavy atom. The van der Waals surface area contributed by atoms with Crippen LogP contribution >= 0.6 is 0 Å². The molecular weight excluding hydrogens is 216 g/mol. The van der Waals surface area contributed by atoms with Gasteiger partial charge >= 0.3 is 0 Å². The van der Waals surface area contributed by atoms with E-state index in [2.05, 4.69) is 10.6 Å². The first-order valence-corrected chi connectivity index (χ1v) is 5.70. The van der Waals surface area contributed by atoms with Gasteiger partial charge in [-0.25, -0.2) is 0 Å². The van der Waals surface area contributed by atoms with Gasteiger partial charge in [0.1, 0.15) is 5.75 Å². The van der Waals surface area contributed by atoms with Crippen molar-refractivity contribution in [3.8, 4) is 5.75 Å². The molecule has 0 bridgehead atoms. The first-order chi connectivity index (χ1) is 8.08. The molecule has 2 atom stereocenters. The van der Waals surface area contributed by atoms with Crippen molar-refractivity contribution in [2.75, 3.05) is 14.2 Å². The summed E-state index contributed by atoms with van der Waals surface area (Å²) in [5.41, 5.74) is 1.06. The smallest absolute Gasteiger partial charge is 0.237 e. The highest BCUT2D eigenvalue weighted by atomic mass is 16.5. The lowest BCUT2D eigenvalue weighted by Crippen LogP contribution is -2.41. The maximum absolute atomic E-state index is 11.7. The Bertz CT molecular complexity index is 362. The van der Waals surface area contributed by atoms with E-state index in [9.17, 15) is 4.79 Å². The topological polar surface area (TPSA) is 50.4 Å². The summed E-state index contributed by atoms with van der Waals surface area (Å²) in [5.74, 6) is 0.812. The van der Waals surface area contributed by atoms with E-state index >= 15 is 0 Å². The third-order valence-electron chi connectivity index (χ3n) is 2.80. The molecule has 0 aliphatic heterocycles. The molecular formula is C13H20N2O2. The van der Waals surface area contributed by atoms with Gasteiger partial charge in [0.25, 0.3) is 0 Å². The molecule has 1 rings (SSSR count). The summed E-state index contributed by atoms with van der Waals surface area (Å²) >= 11 is 0. The van der Waals surface area contributed by atoms with Crippen LogP contribution < -0.4 is 15.4 Å². The van der Waals surface area contributed by atoms with Crippen LogP contribution in [0.15, 0.2) is 24.3 Å². The highest BCUT2D eigenvalue weighted by molar-refractivity contribution is 5.81. The van der Waals surface area contributed by atoms with E-state index in [4.69, 9.17) is 4.74 Å². The van der Waals surface area contributed by atoms with E-state index in [0.717, 1.165) is 11.3 Å². The molecule has 0 aromatic heterocycles. The lowest BCUT2D eigenvalue weighted by atomic mass is 10.1. The maximum Gasteiger partial charge on any atom is 0.237 e. The van der Waals surface area contributed by atoms with Gasteiger partial charge < -0.3 is 15.4 Å². The van der Waals surface area contributed by atoms with Crippen LogP contribution in [0.4, 0.5) is 0 Å². The maximum atomic E-state index is 11.7. The number of rotatable bonds is 5. The Labute approximate surface area is 102 Å². The number of carbonyl (C=O) groups excluding carboxylic acids is 1. The third kappa shape index (κ3) is 3.75. The van der Waals surface area contributed by atoms with Crippen molar-refractivity contribution < 1.29 is 9.53 Å².